The zero-order chi connectivity index (χ0) is 41.4. The Labute approximate surface area is 346 Å². The number of benzene rings is 2. The number of aromatic nitrogens is 8. The van der Waals surface area contributed by atoms with Crippen LogP contribution < -0.4 is 10.6 Å². The third kappa shape index (κ3) is 7.21. The van der Waals surface area contributed by atoms with Crippen molar-refractivity contribution in [2.75, 3.05) is 23.7 Å². The van der Waals surface area contributed by atoms with Crippen molar-refractivity contribution >= 4 is 34.8 Å². The summed E-state index contributed by atoms with van der Waals surface area (Å²) in [4.78, 5) is 28.7. The molecule has 2 aromatic carbocycles. The number of halogens is 2. The van der Waals surface area contributed by atoms with Crippen LogP contribution in [0.5, 0.6) is 0 Å². The summed E-state index contributed by atoms with van der Waals surface area (Å²) in [6, 6.07) is 8.75. The third-order valence-corrected chi connectivity index (χ3v) is 12.7. The molecule has 0 radical (unpaired) electrons. The zero-order valence-corrected chi connectivity index (χ0v) is 34.3. The first kappa shape index (κ1) is 37.9. The lowest BCUT2D eigenvalue weighted by atomic mass is 9.99. The van der Waals surface area contributed by atoms with Crippen LogP contribution in [0.1, 0.15) is 67.1 Å². The lowest BCUT2D eigenvalue weighted by Gasteiger charge is -2.27. The first-order chi connectivity index (χ1) is 28.9. The molecular formula is C44H48F2N12O2. The first-order valence-electron chi connectivity index (χ1n) is 20.8. The normalized spacial score (nSPS) is 18.4. The molecular weight excluding hydrogens is 767 g/mol. The number of carbonyl (C=O) groups excluding carboxylic acids is 2. The molecule has 310 valence electrons. The quantitative estimate of drug-likeness (QED) is 0.148. The Balaban J connectivity index is 0.957. The maximum absolute atomic E-state index is 16.8. The minimum atomic E-state index is -0.381. The van der Waals surface area contributed by atoms with Gasteiger partial charge in [-0.25, -0.2) is 8.78 Å². The van der Waals surface area contributed by atoms with Crippen LogP contribution in [0, 0.1) is 23.5 Å². The Morgan fingerprint density at radius 1 is 0.767 bits per heavy atom. The highest BCUT2D eigenvalue weighted by Crippen LogP contribution is 2.51. The monoisotopic (exact) mass is 814 g/mol. The molecule has 10 rings (SSSR count). The average Bonchev–Trinajstić information content (AvgIpc) is 4.02. The Morgan fingerprint density at radius 2 is 1.37 bits per heavy atom. The average molecular weight is 815 g/mol. The number of carbonyl (C=O) groups is 2. The van der Waals surface area contributed by atoms with Gasteiger partial charge in [-0.15, -0.1) is 0 Å². The highest BCUT2D eigenvalue weighted by molar-refractivity contribution is 5.77. The van der Waals surface area contributed by atoms with Crippen molar-refractivity contribution in [2.45, 2.75) is 78.0 Å². The van der Waals surface area contributed by atoms with Gasteiger partial charge in [0.15, 0.2) is 17.5 Å². The number of aryl methyl sites for hydroxylation is 2. The summed E-state index contributed by atoms with van der Waals surface area (Å²) in [7, 11) is 3.61. The van der Waals surface area contributed by atoms with Gasteiger partial charge in [-0.05, 0) is 72.9 Å². The Hall–Kier alpha value is -6.32. The van der Waals surface area contributed by atoms with Crippen LogP contribution in [0.15, 0.2) is 55.1 Å². The van der Waals surface area contributed by atoms with Gasteiger partial charge in [0.05, 0.1) is 31.2 Å². The van der Waals surface area contributed by atoms with E-state index in [1.54, 1.807) is 61.0 Å². The third-order valence-electron chi connectivity index (χ3n) is 12.7. The topological polar surface area (TPSA) is 136 Å². The number of anilines is 4. The summed E-state index contributed by atoms with van der Waals surface area (Å²) in [6.45, 7) is 6.72. The van der Waals surface area contributed by atoms with Gasteiger partial charge >= 0.3 is 0 Å². The van der Waals surface area contributed by atoms with E-state index in [4.69, 9.17) is 10.2 Å². The number of nitrogens with zero attached hydrogens (tertiary/aromatic N) is 10. The number of rotatable bonds is 11. The fraction of sp³-hybridized carbons (Fsp3) is 0.409. The van der Waals surface area contributed by atoms with Gasteiger partial charge in [-0.2, -0.15) is 20.4 Å². The zero-order valence-electron chi connectivity index (χ0n) is 34.3. The summed E-state index contributed by atoms with van der Waals surface area (Å²) in [6.07, 6.45) is 11.5. The SMILES string of the molecule is CC(=O)N1CCc2c(c(Nc3ccc(F)c(-c4cnn(C)c4)c3)nn2CC2CC2c2cc(Nc3nn(CC4CC4)c4c3CN(C(C)=O)CC4)c(F)c(-c3cnn(C)c3)c2)C1. The van der Waals surface area contributed by atoms with Gasteiger partial charge < -0.3 is 20.4 Å². The second-order valence-electron chi connectivity index (χ2n) is 17.0. The van der Waals surface area contributed by atoms with E-state index in [-0.39, 0.29) is 35.3 Å². The van der Waals surface area contributed by atoms with Gasteiger partial charge in [0.1, 0.15) is 5.82 Å². The van der Waals surface area contributed by atoms with Crippen molar-refractivity contribution in [1.82, 2.24) is 48.9 Å². The summed E-state index contributed by atoms with van der Waals surface area (Å²) in [5.41, 5.74) is 8.34. The predicted octanol–water partition coefficient (Wildman–Crippen LogP) is 6.67. The van der Waals surface area contributed by atoms with E-state index in [2.05, 4.69) is 30.2 Å². The molecule has 2 aliphatic heterocycles. The van der Waals surface area contributed by atoms with Gasteiger partial charge in [0, 0.05) is 130 Å². The van der Waals surface area contributed by atoms with E-state index >= 15 is 8.78 Å². The van der Waals surface area contributed by atoms with Crippen LogP contribution in [-0.4, -0.2) is 73.8 Å². The molecule has 2 fully saturated rings. The largest absolute Gasteiger partial charge is 0.338 e. The van der Waals surface area contributed by atoms with Crippen LogP contribution >= 0.6 is 0 Å². The minimum Gasteiger partial charge on any atom is -0.338 e. The standard InChI is InChI=1S/C44H48F2N12O2/c1-25(59)55-12-10-41-36(23-55)43(49-32-7-8-38(45)34(16-32)30-17-47-53(3)20-30)51-58(41)22-29-14-33(29)28-13-35(31-18-48-54(4)21-31)42(46)39(15-28)50-44-37-24-56(26(2)60)11-9-40(37)57(52-44)19-27-5-6-27/h7-8,13,15-18,20-21,27,29,33H,5-6,9-12,14,19,22-24H2,1-4H3,(H,49,51)(H,50,52). The van der Waals surface area contributed by atoms with Gasteiger partial charge in [-0.3, -0.25) is 28.3 Å². The molecule has 16 heteroatoms. The molecule has 2 aliphatic carbocycles. The van der Waals surface area contributed by atoms with E-state index in [1.807, 2.05) is 35.2 Å². The molecule has 2 saturated carbocycles. The lowest BCUT2D eigenvalue weighted by Crippen LogP contribution is -2.34. The molecule has 2 N–H and O–H groups in total. The van der Waals surface area contributed by atoms with Crippen LogP contribution in [-0.2, 0) is 62.7 Å². The molecule has 6 heterocycles. The van der Waals surface area contributed by atoms with E-state index in [9.17, 15) is 9.59 Å². The lowest BCUT2D eigenvalue weighted by molar-refractivity contribution is -0.130. The van der Waals surface area contributed by atoms with Crippen LogP contribution in [0.2, 0.25) is 0 Å². The number of nitrogens with one attached hydrogen (secondary N) is 2. The van der Waals surface area contributed by atoms with Crippen molar-refractivity contribution in [3.63, 3.8) is 0 Å². The highest BCUT2D eigenvalue weighted by Gasteiger charge is 2.41. The molecule has 0 saturated heterocycles. The smallest absolute Gasteiger partial charge is 0.219 e. The molecule has 6 aromatic rings. The highest BCUT2D eigenvalue weighted by atomic mass is 19.1. The Morgan fingerprint density at radius 3 is 1.95 bits per heavy atom. The predicted molar refractivity (Wildman–Crippen MR) is 221 cm³/mol. The summed E-state index contributed by atoms with van der Waals surface area (Å²) < 4.78 is 39.2. The molecule has 60 heavy (non-hydrogen) atoms. The van der Waals surface area contributed by atoms with Crippen molar-refractivity contribution in [3.05, 3.63) is 94.8 Å². The molecule has 2 amide bonds. The van der Waals surface area contributed by atoms with Crippen molar-refractivity contribution in [3.8, 4) is 22.3 Å². The molecule has 2 atom stereocenters. The van der Waals surface area contributed by atoms with E-state index in [1.165, 1.54) is 18.9 Å². The fourth-order valence-electron chi connectivity index (χ4n) is 9.02. The molecule has 4 aromatic heterocycles. The maximum atomic E-state index is 16.8. The summed E-state index contributed by atoms with van der Waals surface area (Å²) in [5, 5.41) is 25.5. The van der Waals surface area contributed by atoms with Crippen molar-refractivity contribution in [1.29, 1.82) is 0 Å². The van der Waals surface area contributed by atoms with Crippen LogP contribution in [0.4, 0.5) is 31.8 Å². The number of hydrogen-bond acceptors (Lipinski definition) is 8. The van der Waals surface area contributed by atoms with Crippen molar-refractivity contribution in [2.24, 2.45) is 25.9 Å². The summed E-state index contributed by atoms with van der Waals surface area (Å²) >= 11 is 0. The van der Waals surface area contributed by atoms with Gasteiger partial charge in [-0.1, -0.05) is 0 Å². The molecule has 14 nitrogen and oxygen atoms in total. The number of hydrogen-bond donors (Lipinski definition) is 2. The van der Waals surface area contributed by atoms with Crippen molar-refractivity contribution < 1.29 is 18.4 Å². The molecule has 2 unspecified atom stereocenters. The van der Waals surface area contributed by atoms with E-state index in [0.29, 0.717) is 96.7 Å². The summed E-state index contributed by atoms with van der Waals surface area (Å²) in [5.74, 6) is 1.48. The molecule has 0 spiro atoms. The van der Waals surface area contributed by atoms with Crippen LogP contribution in [0.25, 0.3) is 22.3 Å². The maximum Gasteiger partial charge on any atom is 0.219 e. The van der Waals surface area contributed by atoms with E-state index in [0.717, 1.165) is 41.0 Å². The first-order valence-corrected chi connectivity index (χ1v) is 20.8. The van der Waals surface area contributed by atoms with Gasteiger partial charge in [0.2, 0.25) is 11.8 Å². The number of amides is 2. The Bertz CT molecular complexity index is 2670. The second kappa shape index (κ2) is 14.7. The Kier molecular flexibility index (Phi) is 9.32. The molecule has 4 aliphatic rings. The van der Waals surface area contributed by atoms with E-state index < -0.39 is 0 Å². The number of fused-ring (bicyclic) bond motifs is 2. The van der Waals surface area contributed by atoms with Gasteiger partial charge in [0.25, 0.3) is 0 Å². The van der Waals surface area contributed by atoms with Crippen LogP contribution in [0.3, 0.4) is 0 Å². The second-order valence-corrected chi connectivity index (χ2v) is 17.0. The minimum absolute atomic E-state index is 0.00114. The molecule has 0 bridgehead atoms. The fourth-order valence-corrected chi connectivity index (χ4v) is 9.02.